The van der Waals surface area contributed by atoms with Crippen molar-refractivity contribution in [2.24, 2.45) is 5.10 Å². The van der Waals surface area contributed by atoms with Crippen LogP contribution in [0.4, 0.5) is 11.4 Å². The second kappa shape index (κ2) is 11.2. The number of carbonyl (C=O) groups excluding carboxylic acids is 1. The van der Waals surface area contributed by atoms with E-state index in [1.807, 2.05) is 6.92 Å². The topological polar surface area (TPSA) is 159 Å². The minimum absolute atomic E-state index is 0.000345. The van der Waals surface area contributed by atoms with E-state index in [-0.39, 0.29) is 23.7 Å². The Labute approximate surface area is 215 Å². The fraction of sp³-hybridized carbons (Fsp3) is 0.154. The van der Waals surface area contributed by atoms with Crippen molar-refractivity contribution in [3.8, 4) is 11.5 Å². The SMILES string of the molecule is CCc1cc(OCc2ccc([N+](=O)[O-])cc2)c(OC)cc1/C=N/NC(=O)c1cc2cc([N+](=O)[O-])ccc2o1. The zero-order valence-electron chi connectivity index (χ0n) is 20.4. The Bertz CT molecular complexity index is 1540. The van der Waals surface area contributed by atoms with Gasteiger partial charge in [0, 0.05) is 35.2 Å². The summed E-state index contributed by atoms with van der Waals surface area (Å²) in [7, 11) is 1.49. The molecule has 0 saturated carbocycles. The molecule has 0 radical (unpaired) electrons. The lowest BCUT2D eigenvalue weighted by atomic mass is 10.0. The third-order valence-electron chi connectivity index (χ3n) is 5.65. The summed E-state index contributed by atoms with van der Waals surface area (Å²) in [6, 6.07) is 15.1. The lowest BCUT2D eigenvalue weighted by molar-refractivity contribution is -0.385. The molecule has 0 bridgehead atoms. The monoisotopic (exact) mass is 518 g/mol. The number of hydrogen-bond donors (Lipinski definition) is 1. The maximum Gasteiger partial charge on any atom is 0.307 e. The fourth-order valence-corrected chi connectivity index (χ4v) is 3.66. The van der Waals surface area contributed by atoms with Crippen molar-refractivity contribution in [3.63, 3.8) is 0 Å². The van der Waals surface area contributed by atoms with E-state index in [9.17, 15) is 25.0 Å². The van der Waals surface area contributed by atoms with E-state index in [2.05, 4.69) is 10.5 Å². The molecule has 0 spiro atoms. The molecule has 1 N–H and O–H groups in total. The number of aryl methyl sites for hydroxylation is 1. The predicted octanol–water partition coefficient (Wildman–Crippen LogP) is 5.16. The second-order valence-electron chi connectivity index (χ2n) is 8.06. The molecule has 1 heterocycles. The number of rotatable bonds is 10. The number of ether oxygens (including phenoxy) is 2. The fourth-order valence-electron chi connectivity index (χ4n) is 3.66. The molecule has 0 aliphatic rings. The van der Waals surface area contributed by atoms with Crippen LogP contribution in [0.2, 0.25) is 0 Å². The average Bonchev–Trinajstić information content (AvgIpc) is 3.35. The zero-order valence-corrected chi connectivity index (χ0v) is 20.4. The standard InChI is InChI=1S/C26H22N4O8/c1-3-17-11-24(37-15-16-4-6-20(7-5-16)29(32)33)23(36-2)13-19(17)14-27-28-26(31)25-12-18-10-21(30(34)35)8-9-22(18)38-25/h4-14H,3,15H2,1-2H3,(H,28,31)/b27-14+. The highest BCUT2D eigenvalue weighted by Crippen LogP contribution is 2.31. The van der Waals surface area contributed by atoms with Crippen LogP contribution in [0.3, 0.4) is 0 Å². The first-order valence-corrected chi connectivity index (χ1v) is 11.4. The van der Waals surface area contributed by atoms with Crippen molar-refractivity contribution in [1.82, 2.24) is 5.43 Å². The van der Waals surface area contributed by atoms with Crippen LogP contribution in [0.1, 0.15) is 34.2 Å². The van der Waals surface area contributed by atoms with Gasteiger partial charge in [-0.1, -0.05) is 6.92 Å². The van der Waals surface area contributed by atoms with Crippen molar-refractivity contribution in [2.75, 3.05) is 7.11 Å². The Morgan fingerprint density at radius 1 is 1.00 bits per heavy atom. The Kier molecular flexibility index (Phi) is 7.61. The van der Waals surface area contributed by atoms with Crippen LogP contribution < -0.4 is 14.9 Å². The smallest absolute Gasteiger partial charge is 0.307 e. The number of hydrazone groups is 1. The largest absolute Gasteiger partial charge is 0.493 e. The molecular formula is C26H22N4O8. The second-order valence-corrected chi connectivity index (χ2v) is 8.06. The Balaban J connectivity index is 1.46. The lowest BCUT2D eigenvalue weighted by Crippen LogP contribution is -2.16. The third kappa shape index (κ3) is 5.75. The number of nitrogens with one attached hydrogen (secondary N) is 1. The van der Waals surface area contributed by atoms with Crippen molar-refractivity contribution < 1.29 is 28.5 Å². The van der Waals surface area contributed by atoms with Crippen molar-refractivity contribution in [2.45, 2.75) is 20.0 Å². The Hall–Kier alpha value is -5.26. The number of carbonyl (C=O) groups is 1. The molecule has 1 amide bonds. The molecule has 0 aliphatic carbocycles. The number of nitrogens with zero attached hydrogens (tertiary/aromatic N) is 3. The maximum atomic E-state index is 12.5. The summed E-state index contributed by atoms with van der Waals surface area (Å²) < 4.78 is 16.8. The van der Waals surface area contributed by atoms with Crippen LogP contribution in [-0.2, 0) is 13.0 Å². The normalized spacial score (nSPS) is 11.0. The number of non-ortho nitro benzene ring substituents is 2. The highest BCUT2D eigenvalue weighted by Gasteiger charge is 2.15. The lowest BCUT2D eigenvalue weighted by Gasteiger charge is -2.14. The van der Waals surface area contributed by atoms with Gasteiger partial charge in [0.1, 0.15) is 12.2 Å². The molecule has 194 valence electrons. The molecule has 4 rings (SSSR count). The molecule has 12 heteroatoms. The quantitative estimate of drug-likeness (QED) is 0.171. The van der Waals surface area contributed by atoms with Gasteiger partial charge in [0.05, 0.1) is 23.2 Å². The van der Waals surface area contributed by atoms with Crippen LogP contribution in [0.15, 0.2) is 70.2 Å². The number of furan rings is 1. The summed E-state index contributed by atoms with van der Waals surface area (Å²) in [6.07, 6.45) is 2.10. The number of methoxy groups -OCH3 is 1. The van der Waals surface area contributed by atoms with E-state index in [4.69, 9.17) is 13.9 Å². The van der Waals surface area contributed by atoms with E-state index in [1.165, 1.54) is 49.7 Å². The highest BCUT2D eigenvalue weighted by molar-refractivity contribution is 5.97. The van der Waals surface area contributed by atoms with Gasteiger partial charge in [0.15, 0.2) is 17.3 Å². The molecule has 0 unspecified atom stereocenters. The Morgan fingerprint density at radius 2 is 1.71 bits per heavy atom. The molecule has 12 nitrogen and oxygen atoms in total. The first kappa shape index (κ1) is 25.8. The van der Waals surface area contributed by atoms with Gasteiger partial charge >= 0.3 is 5.91 Å². The molecular weight excluding hydrogens is 496 g/mol. The van der Waals surface area contributed by atoms with Gasteiger partial charge in [-0.2, -0.15) is 5.10 Å². The predicted molar refractivity (Wildman–Crippen MR) is 138 cm³/mol. The van der Waals surface area contributed by atoms with Gasteiger partial charge < -0.3 is 13.9 Å². The van der Waals surface area contributed by atoms with Crippen LogP contribution in [-0.4, -0.2) is 29.1 Å². The number of benzene rings is 3. The summed E-state index contributed by atoms with van der Waals surface area (Å²) in [6.45, 7) is 2.13. The molecule has 0 fully saturated rings. The average molecular weight is 518 g/mol. The van der Waals surface area contributed by atoms with Crippen LogP contribution in [0.25, 0.3) is 11.0 Å². The van der Waals surface area contributed by atoms with Gasteiger partial charge in [-0.15, -0.1) is 0 Å². The van der Waals surface area contributed by atoms with Crippen molar-refractivity contribution in [1.29, 1.82) is 0 Å². The van der Waals surface area contributed by atoms with Gasteiger partial charge in [0.2, 0.25) is 0 Å². The summed E-state index contributed by atoms with van der Waals surface area (Å²) in [5.41, 5.74) is 4.94. The highest BCUT2D eigenvalue weighted by atomic mass is 16.6. The van der Waals surface area contributed by atoms with Gasteiger partial charge in [-0.3, -0.25) is 25.0 Å². The van der Waals surface area contributed by atoms with E-state index in [1.54, 1.807) is 24.3 Å². The van der Waals surface area contributed by atoms with Crippen LogP contribution in [0.5, 0.6) is 11.5 Å². The number of nitro benzene ring substituents is 2. The first-order valence-electron chi connectivity index (χ1n) is 11.4. The molecule has 3 aromatic carbocycles. The molecule has 0 aliphatic heterocycles. The molecule has 1 aromatic heterocycles. The van der Waals surface area contributed by atoms with E-state index < -0.39 is 15.8 Å². The van der Waals surface area contributed by atoms with Crippen LogP contribution >= 0.6 is 0 Å². The van der Waals surface area contributed by atoms with Crippen molar-refractivity contribution >= 4 is 34.5 Å². The maximum absolute atomic E-state index is 12.5. The summed E-state index contributed by atoms with van der Waals surface area (Å²) in [5.74, 6) is 0.269. The molecule has 4 aromatic rings. The first-order chi connectivity index (χ1) is 18.3. The third-order valence-corrected chi connectivity index (χ3v) is 5.65. The number of fused-ring (bicyclic) bond motifs is 1. The molecule has 0 atom stereocenters. The number of hydrogen-bond acceptors (Lipinski definition) is 9. The number of nitro groups is 2. The molecule has 38 heavy (non-hydrogen) atoms. The zero-order chi connectivity index (χ0) is 27.2. The molecule has 0 saturated heterocycles. The summed E-state index contributed by atoms with van der Waals surface area (Å²) in [5, 5.41) is 26.2. The van der Waals surface area contributed by atoms with Gasteiger partial charge in [0.25, 0.3) is 11.4 Å². The van der Waals surface area contributed by atoms with Gasteiger partial charge in [-0.05, 0) is 53.9 Å². The van der Waals surface area contributed by atoms with Gasteiger partial charge in [-0.25, -0.2) is 5.43 Å². The minimum atomic E-state index is -0.617. The summed E-state index contributed by atoms with van der Waals surface area (Å²) in [4.78, 5) is 33.3. The van der Waals surface area contributed by atoms with E-state index >= 15 is 0 Å². The minimum Gasteiger partial charge on any atom is -0.493 e. The van der Waals surface area contributed by atoms with Crippen LogP contribution in [0, 0.1) is 20.2 Å². The van der Waals surface area contributed by atoms with E-state index in [0.717, 1.165) is 11.1 Å². The summed E-state index contributed by atoms with van der Waals surface area (Å²) >= 11 is 0. The number of amides is 1. The van der Waals surface area contributed by atoms with Crippen molar-refractivity contribution in [3.05, 3.63) is 103 Å². The Morgan fingerprint density at radius 3 is 2.37 bits per heavy atom. The van der Waals surface area contributed by atoms with E-state index in [0.29, 0.717) is 34.5 Å².